The summed E-state index contributed by atoms with van der Waals surface area (Å²) in [5.41, 5.74) is 2.94. The number of aliphatic hydroxyl groups is 1. The minimum atomic E-state index is -0.618. The normalized spacial score (nSPS) is 26.2. The Balaban J connectivity index is 1.75. The molecule has 1 amide bonds. The fraction of sp³-hybridized carbons (Fsp3) is 0.588. The van der Waals surface area contributed by atoms with Crippen LogP contribution in [0.5, 0.6) is 0 Å². The molecule has 0 saturated carbocycles. The summed E-state index contributed by atoms with van der Waals surface area (Å²) in [4.78, 5) is 14.5. The zero-order valence-electron chi connectivity index (χ0n) is 12.2. The SMILES string of the molecule is CC1(O)CCCN(C(=O)c2ccc3c(c2)CCC3)CC1. The molecule has 1 aliphatic carbocycles. The first-order chi connectivity index (χ1) is 9.55. The van der Waals surface area contributed by atoms with Crippen LogP contribution in [0.25, 0.3) is 0 Å². The first-order valence-corrected chi connectivity index (χ1v) is 7.69. The highest BCUT2D eigenvalue weighted by Gasteiger charge is 2.27. The molecule has 2 aliphatic rings. The number of rotatable bonds is 1. The van der Waals surface area contributed by atoms with E-state index in [-0.39, 0.29) is 5.91 Å². The van der Waals surface area contributed by atoms with Gasteiger partial charge in [-0.1, -0.05) is 6.07 Å². The van der Waals surface area contributed by atoms with Crippen molar-refractivity contribution in [2.75, 3.05) is 13.1 Å². The second kappa shape index (κ2) is 5.21. The van der Waals surface area contributed by atoms with Gasteiger partial charge in [0, 0.05) is 18.7 Å². The molecule has 1 aromatic carbocycles. The standard InChI is InChI=1S/C17H23NO2/c1-17(20)8-3-10-18(11-9-17)16(19)15-7-6-13-4-2-5-14(13)12-15/h6-7,12,20H,2-5,8-11H2,1H3. The van der Waals surface area contributed by atoms with Gasteiger partial charge >= 0.3 is 0 Å². The topological polar surface area (TPSA) is 40.5 Å². The number of fused-ring (bicyclic) bond motifs is 1. The molecule has 0 spiro atoms. The quantitative estimate of drug-likeness (QED) is 0.854. The molecule has 0 bridgehead atoms. The summed E-state index contributed by atoms with van der Waals surface area (Å²) < 4.78 is 0. The average molecular weight is 273 g/mol. The third-order valence-corrected chi connectivity index (χ3v) is 4.70. The second-order valence-corrected chi connectivity index (χ2v) is 6.48. The molecular formula is C17H23NO2. The van der Waals surface area contributed by atoms with Crippen molar-refractivity contribution in [3.8, 4) is 0 Å². The van der Waals surface area contributed by atoms with Gasteiger partial charge in [0.1, 0.15) is 0 Å². The molecule has 3 heteroatoms. The largest absolute Gasteiger partial charge is 0.390 e. The summed E-state index contributed by atoms with van der Waals surface area (Å²) in [5.74, 6) is 0.123. The smallest absolute Gasteiger partial charge is 0.253 e. The molecule has 3 rings (SSSR count). The molecule has 0 aromatic heterocycles. The lowest BCUT2D eigenvalue weighted by Gasteiger charge is -2.23. The minimum absolute atomic E-state index is 0.123. The molecule has 20 heavy (non-hydrogen) atoms. The van der Waals surface area contributed by atoms with Crippen molar-refractivity contribution in [1.29, 1.82) is 0 Å². The number of carbonyl (C=O) groups is 1. The lowest BCUT2D eigenvalue weighted by Crippen LogP contribution is -2.33. The number of hydrogen-bond donors (Lipinski definition) is 1. The summed E-state index contributed by atoms with van der Waals surface area (Å²) in [5, 5.41) is 10.1. The van der Waals surface area contributed by atoms with E-state index in [4.69, 9.17) is 0 Å². The predicted molar refractivity (Wildman–Crippen MR) is 78.8 cm³/mol. The minimum Gasteiger partial charge on any atom is -0.390 e. The van der Waals surface area contributed by atoms with Crippen LogP contribution in [0.2, 0.25) is 0 Å². The van der Waals surface area contributed by atoms with Crippen LogP contribution in [0.4, 0.5) is 0 Å². The van der Waals surface area contributed by atoms with E-state index >= 15 is 0 Å². The molecule has 0 radical (unpaired) electrons. The summed E-state index contributed by atoms with van der Waals surface area (Å²) >= 11 is 0. The van der Waals surface area contributed by atoms with E-state index in [1.165, 1.54) is 17.5 Å². The summed E-state index contributed by atoms with van der Waals surface area (Å²) in [6, 6.07) is 6.16. The van der Waals surface area contributed by atoms with Crippen molar-refractivity contribution < 1.29 is 9.90 Å². The van der Waals surface area contributed by atoms with Gasteiger partial charge in [-0.05, 0) is 68.7 Å². The van der Waals surface area contributed by atoms with Crippen molar-refractivity contribution in [2.24, 2.45) is 0 Å². The Morgan fingerprint density at radius 1 is 1.15 bits per heavy atom. The third kappa shape index (κ3) is 2.73. The molecule has 3 nitrogen and oxygen atoms in total. The Morgan fingerprint density at radius 2 is 1.95 bits per heavy atom. The van der Waals surface area contributed by atoms with Crippen LogP contribution in [0.15, 0.2) is 18.2 Å². The van der Waals surface area contributed by atoms with Crippen LogP contribution >= 0.6 is 0 Å². The van der Waals surface area contributed by atoms with E-state index in [1.807, 2.05) is 17.9 Å². The van der Waals surface area contributed by atoms with Crippen molar-refractivity contribution in [1.82, 2.24) is 4.90 Å². The average Bonchev–Trinajstić information content (AvgIpc) is 2.81. The molecule has 1 N–H and O–H groups in total. The van der Waals surface area contributed by atoms with Crippen LogP contribution in [0.3, 0.4) is 0 Å². The zero-order valence-corrected chi connectivity index (χ0v) is 12.2. The first-order valence-electron chi connectivity index (χ1n) is 7.69. The zero-order chi connectivity index (χ0) is 14.2. The number of aryl methyl sites for hydroxylation is 2. The van der Waals surface area contributed by atoms with Gasteiger partial charge in [-0.2, -0.15) is 0 Å². The number of hydrogen-bond acceptors (Lipinski definition) is 2. The van der Waals surface area contributed by atoms with E-state index in [2.05, 4.69) is 12.1 Å². The Labute approximate surface area is 120 Å². The van der Waals surface area contributed by atoms with Crippen LogP contribution in [-0.2, 0) is 12.8 Å². The van der Waals surface area contributed by atoms with Crippen molar-refractivity contribution >= 4 is 5.91 Å². The maximum absolute atomic E-state index is 12.6. The lowest BCUT2D eigenvalue weighted by atomic mass is 9.98. The molecule has 1 atom stereocenters. The van der Waals surface area contributed by atoms with Crippen LogP contribution in [0, 0.1) is 0 Å². The van der Waals surface area contributed by atoms with E-state index in [9.17, 15) is 9.90 Å². The third-order valence-electron chi connectivity index (χ3n) is 4.70. The first kappa shape index (κ1) is 13.6. The fourth-order valence-corrected chi connectivity index (χ4v) is 3.35. The number of benzene rings is 1. The Bertz CT molecular complexity index is 522. The van der Waals surface area contributed by atoms with E-state index in [0.717, 1.165) is 37.8 Å². The van der Waals surface area contributed by atoms with Gasteiger partial charge < -0.3 is 10.0 Å². The lowest BCUT2D eigenvalue weighted by molar-refractivity contribution is 0.0438. The molecule has 1 fully saturated rings. The van der Waals surface area contributed by atoms with Gasteiger partial charge in [0.2, 0.25) is 0 Å². The van der Waals surface area contributed by atoms with Crippen LogP contribution < -0.4 is 0 Å². The van der Waals surface area contributed by atoms with Gasteiger partial charge in [0.05, 0.1) is 5.60 Å². The molecule has 1 unspecified atom stereocenters. The van der Waals surface area contributed by atoms with Crippen LogP contribution in [-0.4, -0.2) is 34.6 Å². The number of likely N-dealkylation sites (tertiary alicyclic amines) is 1. The molecule has 1 heterocycles. The second-order valence-electron chi connectivity index (χ2n) is 6.48. The summed E-state index contributed by atoms with van der Waals surface area (Å²) in [6.07, 6.45) is 5.79. The molecule has 1 saturated heterocycles. The summed E-state index contributed by atoms with van der Waals surface area (Å²) in [7, 11) is 0. The van der Waals surface area contributed by atoms with E-state index in [0.29, 0.717) is 13.0 Å². The van der Waals surface area contributed by atoms with Gasteiger partial charge in [0.25, 0.3) is 5.91 Å². The number of carbonyl (C=O) groups excluding carboxylic acids is 1. The van der Waals surface area contributed by atoms with Gasteiger partial charge in [-0.15, -0.1) is 0 Å². The molecule has 1 aliphatic heterocycles. The van der Waals surface area contributed by atoms with Gasteiger partial charge in [-0.3, -0.25) is 4.79 Å². The van der Waals surface area contributed by atoms with Crippen molar-refractivity contribution in [3.63, 3.8) is 0 Å². The highest BCUT2D eigenvalue weighted by atomic mass is 16.3. The van der Waals surface area contributed by atoms with Gasteiger partial charge in [0.15, 0.2) is 0 Å². The van der Waals surface area contributed by atoms with Crippen molar-refractivity contribution in [2.45, 2.75) is 51.0 Å². The Morgan fingerprint density at radius 3 is 2.80 bits per heavy atom. The monoisotopic (exact) mass is 273 g/mol. The maximum atomic E-state index is 12.6. The fourth-order valence-electron chi connectivity index (χ4n) is 3.35. The van der Waals surface area contributed by atoms with Crippen LogP contribution in [0.1, 0.15) is 54.1 Å². The molecule has 108 valence electrons. The predicted octanol–water partition coefficient (Wildman–Crippen LogP) is 2.55. The highest BCUT2D eigenvalue weighted by Crippen LogP contribution is 2.25. The highest BCUT2D eigenvalue weighted by molar-refractivity contribution is 5.94. The Kier molecular flexibility index (Phi) is 3.55. The number of nitrogens with zero attached hydrogens (tertiary/aromatic N) is 1. The molecular weight excluding hydrogens is 250 g/mol. The van der Waals surface area contributed by atoms with Gasteiger partial charge in [-0.25, -0.2) is 0 Å². The van der Waals surface area contributed by atoms with Crippen molar-refractivity contribution in [3.05, 3.63) is 34.9 Å². The van der Waals surface area contributed by atoms with E-state index in [1.54, 1.807) is 0 Å². The maximum Gasteiger partial charge on any atom is 0.253 e. The summed E-state index contributed by atoms with van der Waals surface area (Å²) in [6.45, 7) is 3.28. The van der Waals surface area contributed by atoms with E-state index < -0.39 is 5.60 Å². The number of amides is 1. The molecule has 1 aromatic rings. The Hall–Kier alpha value is -1.35.